The van der Waals surface area contributed by atoms with Gasteiger partial charge in [0.25, 0.3) is 0 Å². The number of rotatable bonds is 6. The van der Waals surface area contributed by atoms with Crippen molar-refractivity contribution in [2.75, 3.05) is 18.6 Å². The average molecular weight is 411 g/mol. The van der Waals surface area contributed by atoms with Crippen LogP contribution >= 0.6 is 15.9 Å². The van der Waals surface area contributed by atoms with Crippen molar-refractivity contribution in [2.45, 2.75) is 38.6 Å². The second-order valence-electron chi connectivity index (χ2n) is 6.42. The van der Waals surface area contributed by atoms with Gasteiger partial charge in [-0.2, -0.15) is 0 Å². The highest BCUT2D eigenvalue weighted by Gasteiger charge is 2.41. The minimum atomic E-state index is -1.08. The molecule has 25 heavy (non-hydrogen) atoms. The molecule has 6 nitrogen and oxygen atoms in total. The first kappa shape index (κ1) is 19.4. The molecule has 0 aromatic heterocycles. The smallest absolute Gasteiger partial charge is 0.331 e. The number of benzene rings is 1. The summed E-state index contributed by atoms with van der Waals surface area (Å²) in [5, 5.41) is 2.79. The second kappa shape index (κ2) is 7.99. The van der Waals surface area contributed by atoms with Crippen molar-refractivity contribution in [3.8, 4) is 0 Å². The van der Waals surface area contributed by atoms with Crippen molar-refractivity contribution in [2.24, 2.45) is 5.92 Å². The molecular formula is C18H23BrN2O4. The summed E-state index contributed by atoms with van der Waals surface area (Å²) in [6.45, 7) is 3.88. The Morgan fingerprint density at radius 1 is 1.40 bits per heavy atom. The standard InChI is InChI=1S/C18H23BrN2O4/c1-4-9-18(2,17(24)25-3)20-16(23)12-10-15(22)21(11-12)14-8-6-5-7-13(14)19/h5-8,12H,4,9-11H2,1-3H3,(H,20,23). The second-order valence-corrected chi connectivity index (χ2v) is 7.27. The maximum Gasteiger partial charge on any atom is 0.331 e. The molecule has 1 aromatic rings. The van der Waals surface area contributed by atoms with Crippen LogP contribution < -0.4 is 10.2 Å². The zero-order chi connectivity index (χ0) is 18.6. The highest BCUT2D eigenvalue weighted by Crippen LogP contribution is 2.31. The molecule has 2 amide bonds. The van der Waals surface area contributed by atoms with Crippen LogP contribution in [0.3, 0.4) is 0 Å². The van der Waals surface area contributed by atoms with E-state index in [0.29, 0.717) is 6.42 Å². The Labute approximate surface area is 156 Å². The normalized spacial score (nSPS) is 19.4. The van der Waals surface area contributed by atoms with Gasteiger partial charge in [-0.05, 0) is 41.4 Å². The summed E-state index contributed by atoms with van der Waals surface area (Å²) < 4.78 is 5.62. The van der Waals surface area contributed by atoms with Gasteiger partial charge in [0.1, 0.15) is 5.54 Å². The van der Waals surface area contributed by atoms with E-state index in [1.54, 1.807) is 11.8 Å². The highest BCUT2D eigenvalue weighted by atomic mass is 79.9. The summed E-state index contributed by atoms with van der Waals surface area (Å²) in [6.07, 6.45) is 1.31. The Kier molecular flexibility index (Phi) is 6.21. The summed E-state index contributed by atoms with van der Waals surface area (Å²) in [7, 11) is 1.30. The summed E-state index contributed by atoms with van der Waals surface area (Å²) in [6, 6.07) is 7.39. The lowest BCUT2D eigenvalue weighted by Crippen LogP contribution is -2.54. The first-order valence-electron chi connectivity index (χ1n) is 8.27. The van der Waals surface area contributed by atoms with Crippen LogP contribution in [0.5, 0.6) is 0 Å². The highest BCUT2D eigenvalue weighted by molar-refractivity contribution is 9.10. The summed E-state index contributed by atoms with van der Waals surface area (Å²) in [5.74, 6) is -1.39. The molecule has 1 fully saturated rings. The number of hydrogen-bond donors (Lipinski definition) is 1. The molecule has 0 bridgehead atoms. The van der Waals surface area contributed by atoms with Crippen LogP contribution in [0.2, 0.25) is 0 Å². The third kappa shape index (κ3) is 4.21. The first-order valence-corrected chi connectivity index (χ1v) is 9.07. The first-order chi connectivity index (χ1) is 11.8. The number of esters is 1. The van der Waals surface area contributed by atoms with E-state index in [-0.39, 0.29) is 24.8 Å². The monoisotopic (exact) mass is 410 g/mol. The van der Waals surface area contributed by atoms with E-state index in [4.69, 9.17) is 4.74 Å². The number of nitrogens with one attached hydrogen (secondary N) is 1. The molecule has 7 heteroatoms. The van der Waals surface area contributed by atoms with Crippen LogP contribution in [0.15, 0.2) is 28.7 Å². The number of nitrogens with zero attached hydrogens (tertiary/aromatic N) is 1. The van der Waals surface area contributed by atoms with Crippen LogP contribution in [0, 0.1) is 5.92 Å². The van der Waals surface area contributed by atoms with Crippen molar-refractivity contribution in [3.05, 3.63) is 28.7 Å². The van der Waals surface area contributed by atoms with Gasteiger partial charge in [-0.3, -0.25) is 9.59 Å². The number of carbonyl (C=O) groups excluding carboxylic acids is 3. The van der Waals surface area contributed by atoms with Crippen molar-refractivity contribution in [1.29, 1.82) is 0 Å². The molecule has 1 heterocycles. The molecule has 0 saturated carbocycles. The van der Waals surface area contributed by atoms with E-state index >= 15 is 0 Å². The van der Waals surface area contributed by atoms with E-state index in [9.17, 15) is 14.4 Å². The molecule has 1 saturated heterocycles. The fourth-order valence-corrected chi connectivity index (χ4v) is 3.60. The molecule has 2 atom stereocenters. The van der Waals surface area contributed by atoms with Gasteiger partial charge in [0.15, 0.2) is 0 Å². The molecule has 1 aliphatic heterocycles. The lowest BCUT2D eigenvalue weighted by atomic mass is 9.94. The predicted molar refractivity (Wildman–Crippen MR) is 98.1 cm³/mol. The number of para-hydroxylation sites is 1. The molecule has 0 aliphatic carbocycles. The number of amides is 2. The fraction of sp³-hybridized carbons (Fsp3) is 0.500. The van der Waals surface area contributed by atoms with Crippen molar-refractivity contribution in [3.63, 3.8) is 0 Å². The van der Waals surface area contributed by atoms with Gasteiger partial charge < -0.3 is 15.0 Å². The molecule has 136 valence electrons. The Balaban J connectivity index is 2.12. The molecule has 0 spiro atoms. The number of carbonyl (C=O) groups is 3. The van der Waals surface area contributed by atoms with E-state index in [1.807, 2.05) is 31.2 Å². The van der Waals surface area contributed by atoms with Crippen molar-refractivity contribution in [1.82, 2.24) is 5.32 Å². The van der Waals surface area contributed by atoms with Crippen LogP contribution in [0.25, 0.3) is 0 Å². The lowest BCUT2D eigenvalue weighted by molar-refractivity contribution is -0.151. The average Bonchev–Trinajstić information content (AvgIpc) is 2.96. The molecular weight excluding hydrogens is 388 g/mol. The van der Waals surface area contributed by atoms with Gasteiger partial charge in [-0.25, -0.2) is 4.79 Å². The Hall–Kier alpha value is -1.89. The fourth-order valence-electron chi connectivity index (χ4n) is 3.10. The Morgan fingerprint density at radius 2 is 2.08 bits per heavy atom. The van der Waals surface area contributed by atoms with Crippen LogP contribution in [-0.2, 0) is 19.1 Å². The topological polar surface area (TPSA) is 75.7 Å². The molecule has 0 radical (unpaired) electrons. The van der Waals surface area contributed by atoms with Crippen LogP contribution in [-0.4, -0.2) is 37.0 Å². The molecule has 1 aliphatic rings. The van der Waals surface area contributed by atoms with Gasteiger partial charge >= 0.3 is 5.97 Å². The van der Waals surface area contributed by atoms with Crippen LogP contribution in [0.1, 0.15) is 33.1 Å². The van der Waals surface area contributed by atoms with Crippen molar-refractivity contribution >= 4 is 39.4 Å². The molecule has 1 aromatic carbocycles. The van der Waals surface area contributed by atoms with Gasteiger partial charge in [0, 0.05) is 17.4 Å². The number of methoxy groups -OCH3 is 1. The summed E-state index contributed by atoms with van der Waals surface area (Å²) >= 11 is 3.43. The zero-order valence-corrected chi connectivity index (χ0v) is 16.3. The number of anilines is 1. The lowest BCUT2D eigenvalue weighted by Gasteiger charge is -2.28. The van der Waals surface area contributed by atoms with Gasteiger partial charge in [0.2, 0.25) is 11.8 Å². The number of ether oxygens (including phenoxy) is 1. The van der Waals surface area contributed by atoms with E-state index in [0.717, 1.165) is 16.6 Å². The maximum atomic E-state index is 12.7. The van der Waals surface area contributed by atoms with Gasteiger partial charge in [-0.1, -0.05) is 25.5 Å². The van der Waals surface area contributed by atoms with Gasteiger partial charge in [-0.15, -0.1) is 0 Å². The minimum absolute atomic E-state index is 0.109. The predicted octanol–water partition coefficient (Wildman–Crippen LogP) is 2.65. The van der Waals surface area contributed by atoms with Crippen molar-refractivity contribution < 1.29 is 19.1 Å². The third-order valence-electron chi connectivity index (χ3n) is 4.42. The maximum absolute atomic E-state index is 12.7. The number of hydrogen-bond acceptors (Lipinski definition) is 4. The minimum Gasteiger partial charge on any atom is -0.467 e. The van der Waals surface area contributed by atoms with E-state index in [1.165, 1.54) is 7.11 Å². The summed E-state index contributed by atoms with van der Waals surface area (Å²) in [4.78, 5) is 38.7. The molecule has 1 N–H and O–H groups in total. The van der Waals surface area contributed by atoms with E-state index < -0.39 is 17.4 Å². The summed E-state index contributed by atoms with van der Waals surface area (Å²) in [5.41, 5.74) is -0.336. The quantitative estimate of drug-likeness (QED) is 0.731. The molecule has 2 unspecified atom stereocenters. The Morgan fingerprint density at radius 3 is 2.68 bits per heavy atom. The number of halogens is 1. The third-order valence-corrected chi connectivity index (χ3v) is 5.09. The van der Waals surface area contributed by atoms with Crippen LogP contribution in [0.4, 0.5) is 5.69 Å². The van der Waals surface area contributed by atoms with Gasteiger partial charge in [0.05, 0.1) is 18.7 Å². The SMILES string of the molecule is CCCC(C)(NC(=O)C1CC(=O)N(c2ccccc2Br)C1)C(=O)OC. The largest absolute Gasteiger partial charge is 0.467 e. The Bertz CT molecular complexity index is 679. The van der Waals surface area contributed by atoms with E-state index in [2.05, 4.69) is 21.2 Å². The zero-order valence-electron chi connectivity index (χ0n) is 14.7. The molecule has 2 rings (SSSR count).